The first-order chi connectivity index (χ1) is 16.9. The number of ether oxygens (including phenoxy) is 4. The molecular formula is C27H21FO7. The molecule has 0 amide bonds. The zero-order chi connectivity index (χ0) is 24.7. The quantitative estimate of drug-likeness (QED) is 0.294. The van der Waals surface area contributed by atoms with E-state index in [4.69, 9.17) is 23.4 Å². The molecule has 2 heterocycles. The van der Waals surface area contributed by atoms with Gasteiger partial charge in [-0.2, -0.15) is 0 Å². The molecule has 178 valence electrons. The molecule has 0 aliphatic carbocycles. The molecule has 4 aromatic rings. The van der Waals surface area contributed by atoms with Gasteiger partial charge in [-0.25, -0.2) is 4.39 Å². The average molecular weight is 476 g/mol. The van der Waals surface area contributed by atoms with Gasteiger partial charge in [-0.15, -0.1) is 0 Å². The minimum absolute atomic E-state index is 0.00137. The lowest BCUT2D eigenvalue weighted by Crippen LogP contribution is -2.22. The standard InChI is InChI=1S/C27H21FO7/c1-31-21-12-23(33-3)22(32-2)10-17(21)18-11-24(29)35-20-9-8-16-26(30)19(13-34-27(16)25(18)20)14-4-6-15(28)7-5-14/h4-10,12-13,18H,11H2,1-3H3/t18-/m1/s1. The second-order valence-corrected chi connectivity index (χ2v) is 8.02. The van der Waals surface area contributed by atoms with Gasteiger partial charge in [0.25, 0.3) is 0 Å². The van der Waals surface area contributed by atoms with Crippen LogP contribution in [-0.4, -0.2) is 27.3 Å². The van der Waals surface area contributed by atoms with Crippen LogP contribution in [0.25, 0.3) is 22.1 Å². The molecule has 35 heavy (non-hydrogen) atoms. The third-order valence-corrected chi connectivity index (χ3v) is 6.15. The summed E-state index contributed by atoms with van der Waals surface area (Å²) < 4.78 is 41.3. The van der Waals surface area contributed by atoms with Crippen LogP contribution in [-0.2, 0) is 4.79 Å². The highest BCUT2D eigenvalue weighted by Crippen LogP contribution is 2.47. The van der Waals surface area contributed by atoms with Crippen molar-refractivity contribution in [1.82, 2.24) is 0 Å². The summed E-state index contributed by atoms with van der Waals surface area (Å²) in [4.78, 5) is 25.9. The van der Waals surface area contributed by atoms with Crippen molar-refractivity contribution in [2.45, 2.75) is 12.3 Å². The fraction of sp³-hybridized carbons (Fsp3) is 0.185. The number of carbonyl (C=O) groups is 1. The van der Waals surface area contributed by atoms with Gasteiger partial charge in [0, 0.05) is 23.1 Å². The number of halogens is 1. The summed E-state index contributed by atoms with van der Waals surface area (Å²) in [6, 6.07) is 12.2. The van der Waals surface area contributed by atoms with Gasteiger partial charge in [0.05, 0.1) is 38.7 Å². The van der Waals surface area contributed by atoms with E-state index < -0.39 is 17.7 Å². The molecule has 0 radical (unpaired) electrons. The van der Waals surface area contributed by atoms with Crippen LogP contribution in [0.5, 0.6) is 23.0 Å². The molecule has 1 aliphatic rings. The van der Waals surface area contributed by atoms with Crippen LogP contribution in [0.15, 0.2) is 64.0 Å². The third-order valence-electron chi connectivity index (χ3n) is 6.15. The molecule has 1 aliphatic heterocycles. The Balaban J connectivity index is 1.74. The maximum Gasteiger partial charge on any atom is 0.312 e. The summed E-state index contributed by atoms with van der Waals surface area (Å²) in [6.07, 6.45) is 1.35. The molecular weight excluding hydrogens is 455 g/mol. The summed E-state index contributed by atoms with van der Waals surface area (Å²) in [7, 11) is 4.55. The summed E-state index contributed by atoms with van der Waals surface area (Å²) in [5, 5.41) is 0.313. The van der Waals surface area contributed by atoms with Crippen LogP contribution in [0.3, 0.4) is 0 Å². The molecule has 8 heteroatoms. The number of carbonyl (C=O) groups excluding carboxylic acids is 1. The highest BCUT2D eigenvalue weighted by molar-refractivity contribution is 5.90. The van der Waals surface area contributed by atoms with Crippen molar-refractivity contribution < 1.29 is 32.5 Å². The Morgan fingerprint density at radius 2 is 1.57 bits per heavy atom. The van der Waals surface area contributed by atoms with E-state index >= 15 is 0 Å². The zero-order valence-electron chi connectivity index (χ0n) is 19.2. The second kappa shape index (κ2) is 8.79. The van der Waals surface area contributed by atoms with Gasteiger partial charge >= 0.3 is 5.97 Å². The number of esters is 1. The van der Waals surface area contributed by atoms with E-state index in [9.17, 15) is 14.0 Å². The Morgan fingerprint density at radius 1 is 0.886 bits per heavy atom. The lowest BCUT2D eigenvalue weighted by molar-refractivity contribution is -0.135. The first-order valence-corrected chi connectivity index (χ1v) is 10.8. The van der Waals surface area contributed by atoms with E-state index in [0.29, 0.717) is 56.2 Å². The maximum absolute atomic E-state index is 13.4. The molecule has 7 nitrogen and oxygen atoms in total. The van der Waals surface area contributed by atoms with Crippen molar-refractivity contribution in [3.8, 4) is 34.1 Å². The monoisotopic (exact) mass is 476 g/mol. The summed E-state index contributed by atoms with van der Waals surface area (Å²) in [6.45, 7) is 0. The topological polar surface area (TPSA) is 84.2 Å². The van der Waals surface area contributed by atoms with E-state index in [-0.39, 0.29) is 11.8 Å². The number of rotatable bonds is 5. The zero-order valence-corrected chi connectivity index (χ0v) is 19.2. The van der Waals surface area contributed by atoms with Gasteiger partial charge in [0.15, 0.2) is 11.5 Å². The average Bonchev–Trinajstić information content (AvgIpc) is 2.87. The fourth-order valence-electron chi connectivity index (χ4n) is 4.47. The van der Waals surface area contributed by atoms with Gasteiger partial charge in [-0.3, -0.25) is 9.59 Å². The van der Waals surface area contributed by atoms with Crippen molar-refractivity contribution in [3.05, 3.63) is 82.0 Å². The Bertz CT molecular complexity index is 1510. The number of benzene rings is 3. The van der Waals surface area contributed by atoms with Crippen molar-refractivity contribution >= 4 is 16.9 Å². The van der Waals surface area contributed by atoms with E-state index in [1.165, 1.54) is 51.9 Å². The Hall–Kier alpha value is -4.33. The van der Waals surface area contributed by atoms with E-state index in [0.717, 1.165) is 0 Å². The van der Waals surface area contributed by atoms with Gasteiger partial charge in [-0.05, 0) is 35.9 Å². The predicted octanol–water partition coefficient (Wildman–Crippen LogP) is 5.07. The van der Waals surface area contributed by atoms with E-state index in [1.54, 1.807) is 24.3 Å². The molecule has 3 aromatic carbocycles. The Morgan fingerprint density at radius 3 is 2.26 bits per heavy atom. The minimum Gasteiger partial charge on any atom is -0.496 e. The fourth-order valence-corrected chi connectivity index (χ4v) is 4.47. The molecule has 0 spiro atoms. The van der Waals surface area contributed by atoms with Crippen LogP contribution in [0.4, 0.5) is 4.39 Å². The van der Waals surface area contributed by atoms with Gasteiger partial charge in [0.2, 0.25) is 5.43 Å². The molecule has 0 N–H and O–H groups in total. The molecule has 1 atom stereocenters. The lowest BCUT2D eigenvalue weighted by atomic mass is 9.84. The number of hydrogen-bond acceptors (Lipinski definition) is 7. The van der Waals surface area contributed by atoms with Crippen molar-refractivity contribution in [1.29, 1.82) is 0 Å². The molecule has 5 rings (SSSR count). The first-order valence-electron chi connectivity index (χ1n) is 10.8. The predicted molar refractivity (Wildman–Crippen MR) is 126 cm³/mol. The smallest absolute Gasteiger partial charge is 0.312 e. The highest BCUT2D eigenvalue weighted by atomic mass is 19.1. The molecule has 0 unspecified atom stereocenters. The van der Waals surface area contributed by atoms with Crippen LogP contribution in [0, 0.1) is 5.82 Å². The maximum atomic E-state index is 13.4. The van der Waals surface area contributed by atoms with Crippen LogP contribution in [0.2, 0.25) is 0 Å². The van der Waals surface area contributed by atoms with E-state index in [1.807, 2.05) is 0 Å². The SMILES string of the molecule is COc1cc(OC)c([C@H]2CC(=O)Oc3ccc4c(=O)c(-c5ccc(F)cc5)coc4c32)cc1OC. The van der Waals surface area contributed by atoms with Crippen molar-refractivity contribution in [2.24, 2.45) is 0 Å². The lowest BCUT2D eigenvalue weighted by Gasteiger charge is -2.27. The molecule has 0 saturated carbocycles. The van der Waals surface area contributed by atoms with E-state index in [2.05, 4.69) is 0 Å². The Labute approximate surface area is 199 Å². The number of fused-ring (bicyclic) bond motifs is 3. The van der Waals surface area contributed by atoms with Crippen molar-refractivity contribution in [3.63, 3.8) is 0 Å². The van der Waals surface area contributed by atoms with Crippen LogP contribution >= 0.6 is 0 Å². The second-order valence-electron chi connectivity index (χ2n) is 8.02. The third kappa shape index (κ3) is 3.77. The van der Waals surface area contributed by atoms with Gasteiger partial charge in [0.1, 0.15) is 29.2 Å². The van der Waals surface area contributed by atoms with Crippen LogP contribution in [0.1, 0.15) is 23.5 Å². The highest BCUT2D eigenvalue weighted by Gasteiger charge is 2.34. The van der Waals surface area contributed by atoms with Gasteiger partial charge in [-0.1, -0.05) is 12.1 Å². The van der Waals surface area contributed by atoms with Crippen LogP contribution < -0.4 is 24.4 Å². The molecule has 0 saturated heterocycles. The first kappa shape index (κ1) is 22.5. The Kier molecular flexibility index (Phi) is 5.64. The number of methoxy groups -OCH3 is 3. The minimum atomic E-state index is -0.537. The normalized spacial score (nSPS) is 14.9. The summed E-state index contributed by atoms with van der Waals surface area (Å²) in [5.74, 6) is 0.350. The molecule has 0 fully saturated rings. The number of hydrogen-bond donors (Lipinski definition) is 0. The molecule has 0 bridgehead atoms. The summed E-state index contributed by atoms with van der Waals surface area (Å²) in [5.41, 5.74) is 2.05. The molecule has 1 aromatic heterocycles. The summed E-state index contributed by atoms with van der Waals surface area (Å²) >= 11 is 0. The van der Waals surface area contributed by atoms with Gasteiger partial charge < -0.3 is 23.4 Å². The van der Waals surface area contributed by atoms with Crippen molar-refractivity contribution in [2.75, 3.05) is 21.3 Å². The largest absolute Gasteiger partial charge is 0.496 e.